The number of aliphatic imine (C=N–C) groups is 1. The Bertz CT molecular complexity index is 326. The molecule has 54 valence electrons. The Morgan fingerprint density at radius 3 is 2.82 bits per heavy atom. The maximum absolute atomic E-state index is 10.7. The molecule has 0 saturated carbocycles. The number of carbonyl (C=O) groups excluding carboxylic acids is 2. The van der Waals surface area contributed by atoms with E-state index in [2.05, 4.69) is 10.3 Å². The van der Waals surface area contributed by atoms with Crippen LogP contribution < -0.4 is 5.32 Å². The first-order valence-corrected chi connectivity index (χ1v) is 2.86. The molecule has 6 nitrogen and oxygen atoms in total. The summed E-state index contributed by atoms with van der Waals surface area (Å²) in [7, 11) is 0. The molecule has 2 rings (SSSR count). The van der Waals surface area contributed by atoms with Crippen LogP contribution in [0.5, 0.6) is 0 Å². The molecular weight excluding hydrogens is 148 g/mol. The van der Waals surface area contributed by atoms with Crippen LogP contribution in [0.1, 0.15) is 0 Å². The molecule has 0 radical (unpaired) electrons. The quantitative estimate of drug-likeness (QED) is 0.250. The Hall–Kier alpha value is -1.90. The molecule has 0 spiro atoms. The van der Waals surface area contributed by atoms with Crippen molar-refractivity contribution in [3.8, 4) is 6.19 Å². The second-order valence-electron chi connectivity index (χ2n) is 2.14. The third-order valence-corrected chi connectivity index (χ3v) is 1.53. The Balaban J connectivity index is 2.32. The van der Waals surface area contributed by atoms with E-state index < -0.39 is 11.9 Å². The van der Waals surface area contributed by atoms with E-state index in [9.17, 15) is 9.59 Å². The minimum absolute atomic E-state index is 0.0486. The van der Waals surface area contributed by atoms with Gasteiger partial charge in [0.1, 0.15) is 0 Å². The maximum atomic E-state index is 10.7. The topological polar surface area (TPSA) is 85.3 Å². The summed E-state index contributed by atoms with van der Waals surface area (Å²) in [4.78, 5) is 25.8. The van der Waals surface area contributed by atoms with Crippen molar-refractivity contribution in [2.75, 3.05) is 0 Å². The van der Waals surface area contributed by atoms with Crippen molar-refractivity contribution in [1.29, 1.82) is 5.26 Å². The number of hydrogen-bond donors (Lipinski definition) is 1. The standard InChI is InChI=1S/C5H2N4O2/c6-1-7-5-8-3(10)2-4(11)9(2)5/h2H,(H,7,8,10). The number of hydrogen-bond acceptors (Lipinski definition) is 4. The molecule has 0 aromatic heterocycles. The minimum atomic E-state index is -0.706. The number of nitrogens with one attached hydrogen (secondary N) is 1. The molecule has 11 heavy (non-hydrogen) atoms. The van der Waals surface area contributed by atoms with Gasteiger partial charge >= 0.3 is 0 Å². The third kappa shape index (κ3) is 0.565. The fraction of sp³-hybridized carbons (Fsp3) is 0.200. The predicted molar refractivity (Wildman–Crippen MR) is 31.8 cm³/mol. The van der Waals surface area contributed by atoms with E-state index in [1.807, 2.05) is 0 Å². The Morgan fingerprint density at radius 1 is 1.64 bits per heavy atom. The first kappa shape index (κ1) is 5.85. The fourth-order valence-corrected chi connectivity index (χ4v) is 1.00. The zero-order valence-electron chi connectivity index (χ0n) is 5.24. The average Bonchev–Trinajstić information content (AvgIpc) is 2.48. The molecule has 0 bridgehead atoms. The Morgan fingerprint density at radius 2 is 2.36 bits per heavy atom. The summed E-state index contributed by atoms with van der Waals surface area (Å²) in [6, 6.07) is -0.706. The lowest BCUT2D eigenvalue weighted by Crippen LogP contribution is -2.30. The number of fused-ring (bicyclic) bond motifs is 1. The highest BCUT2D eigenvalue weighted by molar-refractivity contribution is 6.33. The zero-order valence-corrected chi connectivity index (χ0v) is 5.24. The normalized spacial score (nSPS) is 29.9. The van der Waals surface area contributed by atoms with Crippen molar-refractivity contribution in [3.05, 3.63) is 0 Å². The molecule has 2 heterocycles. The van der Waals surface area contributed by atoms with Crippen LogP contribution in [-0.2, 0) is 9.59 Å². The maximum Gasteiger partial charge on any atom is 0.263 e. The van der Waals surface area contributed by atoms with Crippen LogP contribution >= 0.6 is 0 Å². The number of nitriles is 1. The molecule has 1 atom stereocenters. The zero-order chi connectivity index (χ0) is 8.01. The number of guanidine groups is 1. The highest BCUT2D eigenvalue weighted by Crippen LogP contribution is 2.24. The molecule has 2 aliphatic heterocycles. The van der Waals surface area contributed by atoms with Crippen molar-refractivity contribution >= 4 is 17.8 Å². The molecule has 0 aromatic rings. The Kier molecular flexibility index (Phi) is 0.838. The van der Waals surface area contributed by atoms with Gasteiger partial charge in [0.15, 0.2) is 6.04 Å². The van der Waals surface area contributed by atoms with Gasteiger partial charge in [-0.1, -0.05) is 0 Å². The van der Waals surface area contributed by atoms with Gasteiger partial charge in [0.2, 0.25) is 12.2 Å². The van der Waals surface area contributed by atoms with Crippen molar-refractivity contribution in [1.82, 2.24) is 10.2 Å². The summed E-state index contributed by atoms with van der Waals surface area (Å²) in [5.74, 6) is -0.640. The SMILES string of the molecule is N#C/N=C1\NC(=O)C2C(=O)N12. The molecule has 1 unspecified atom stereocenters. The number of carbonyl (C=O) groups is 2. The second kappa shape index (κ2) is 1.58. The molecule has 0 aromatic carbocycles. The predicted octanol–water partition coefficient (Wildman–Crippen LogP) is -1.84. The van der Waals surface area contributed by atoms with Gasteiger partial charge in [-0.15, -0.1) is 4.99 Å². The third-order valence-electron chi connectivity index (χ3n) is 1.53. The van der Waals surface area contributed by atoms with E-state index in [0.29, 0.717) is 0 Å². The minimum Gasteiger partial charge on any atom is -0.293 e. The summed E-state index contributed by atoms with van der Waals surface area (Å²) in [6.07, 6.45) is 1.49. The van der Waals surface area contributed by atoms with Gasteiger partial charge in [-0.25, -0.2) is 0 Å². The van der Waals surface area contributed by atoms with Crippen LogP contribution in [0.2, 0.25) is 0 Å². The van der Waals surface area contributed by atoms with E-state index in [4.69, 9.17) is 5.26 Å². The molecule has 0 aliphatic carbocycles. The average molecular weight is 150 g/mol. The summed E-state index contributed by atoms with van der Waals surface area (Å²) in [5.41, 5.74) is 0. The molecule has 1 N–H and O–H groups in total. The van der Waals surface area contributed by atoms with Crippen molar-refractivity contribution in [3.63, 3.8) is 0 Å². The molecule has 6 heteroatoms. The first-order chi connectivity index (χ1) is 5.25. The van der Waals surface area contributed by atoms with Gasteiger partial charge in [-0.3, -0.25) is 19.8 Å². The monoisotopic (exact) mass is 150 g/mol. The van der Waals surface area contributed by atoms with Gasteiger partial charge in [0.05, 0.1) is 0 Å². The largest absolute Gasteiger partial charge is 0.293 e. The van der Waals surface area contributed by atoms with Crippen LogP contribution in [0.25, 0.3) is 0 Å². The lowest BCUT2D eigenvalue weighted by Gasteiger charge is -1.93. The molecular formula is C5H2N4O2. The van der Waals surface area contributed by atoms with Crippen molar-refractivity contribution < 1.29 is 9.59 Å². The van der Waals surface area contributed by atoms with Gasteiger partial charge < -0.3 is 0 Å². The number of amides is 2. The lowest BCUT2D eigenvalue weighted by molar-refractivity contribution is -0.121. The van der Waals surface area contributed by atoms with E-state index in [1.165, 1.54) is 6.19 Å². The van der Waals surface area contributed by atoms with Gasteiger partial charge in [-0.05, 0) is 0 Å². The summed E-state index contributed by atoms with van der Waals surface area (Å²) < 4.78 is 0. The molecule has 2 saturated heterocycles. The van der Waals surface area contributed by atoms with Gasteiger partial charge in [-0.2, -0.15) is 5.26 Å². The van der Waals surface area contributed by atoms with E-state index >= 15 is 0 Å². The highest BCUT2D eigenvalue weighted by Gasteiger charge is 2.60. The molecule has 2 amide bonds. The van der Waals surface area contributed by atoms with Gasteiger partial charge in [0.25, 0.3) is 11.8 Å². The summed E-state index contributed by atoms with van der Waals surface area (Å²) >= 11 is 0. The number of nitrogens with zero attached hydrogens (tertiary/aromatic N) is 3. The number of rotatable bonds is 0. The first-order valence-electron chi connectivity index (χ1n) is 2.86. The molecule has 2 aliphatic rings. The smallest absolute Gasteiger partial charge is 0.263 e. The van der Waals surface area contributed by atoms with Crippen LogP contribution in [0.3, 0.4) is 0 Å². The summed E-state index contributed by atoms with van der Waals surface area (Å²) in [5, 5.41) is 10.4. The lowest BCUT2D eigenvalue weighted by atomic mass is 10.4. The summed E-state index contributed by atoms with van der Waals surface area (Å²) in [6.45, 7) is 0. The Labute approximate surface area is 61.1 Å². The van der Waals surface area contributed by atoms with Crippen LogP contribution in [0.15, 0.2) is 4.99 Å². The van der Waals surface area contributed by atoms with Gasteiger partial charge in [0, 0.05) is 0 Å². The van der Waals surface area contributed by atoms with Crippen LogP contribution in [0, 0.1) is 11.5 Å². The second-order valence-corrected chi connectivity index (χ2v) is 2.14. The van der Waals surface area contributed by atoms with Crippen molar-refractivity contribution in [2.24, 2.45) is 4.99 Å². The fourth-order valence-electron chi connectivity index (χ4n) is 1.00. The van der Waals surface area contributed by atoms with E-state index in [1.54, 1.807) is 0 Å². The molecule has 2 fully saturated rings. The van der Waals surface area contributed by atoms with Crippen molar-refractivity contribution in [2.45, 2.75) is 6.04 Å². The van der Waals surface area contributed by atoms with E-state index in [-0.39, 0.29) is 11.9 Å². The highest BCUT2D eigenvalue weighted by atomic mass is 16.2. The van der Waals surface area contributed by atoms with E-state index in [0.717, 1.165) is 4.90 Å². The van der Waals surface area contributed by atoms with Crippen LogP contribution in [-0.4, -0.2) is 28.7 Å². The van der Waals surface area contributed by atoms with Crippen LogP contribution in [0.4, 0.5) is 0 Å².